The standard InChI is InChI=1S/C12H16F3NO3/c13-12(14,15)10(19)16-8-5-11(6-8)3-1-7(2-4-11)9(17)18/h7-8H,1-6H2,(H,16,19)(H,17,18). The summed E-state index contributed by atoms with van der Waals surface area (Å²) in [5.74, 6) is -3.00. The van der Waals surface area contributed by atoms with Crippen LogP contribution in [0.2, 0.25) is 0 Å². The molecule has 108 valence electrons. The van der Waals surface area contributed by atoms with E-state index in [1.54, 1.807) is 0 Å². The first kappa shape index (κ1) is 14.1. The molecule has 0 radical (unpaired) electrons. The van der Waals surface area contributed by atoms with Gasteiger partial charge < -0.3 is 10.4 Å². The molecule has 19 heavy (non-hydrogen) atoms. The Balaban J connectivity index is 1.78. The van der Waals surface area contributed by atoms with Crippen LogP contribution in [0.15, 0.2) is 0 Å². The van der Waals surface area contributed by atoms with Gasteiger partial charge in [-0.3, -0.25) is 9.59 Å². The molecule has 4 nitrogen and oxygen atoms in total. The SMILES string of the molecule is O=C(O)C1CCC2(CC1)CC(NC(=O)C(F)(F)F)C2. The predicted molar refractivity (Wildman–Crippen MR) is 59.2 cm³/mol. The summed E-state index contributed by atoms with van der Waals surface area (Å²) in [6.45, 7) is 0. The Morgan fingerprint density at radius 3 is 2.11 bits per heavy atom. The number of alkyl halides is 3. The monoisotopic (exact) mass is 279 g/mol. The third-order valence-corrected chi connectivity index (χ3v) is 4.35. The molecule has 0 unspecified atom stereocenters. The van der Waals surface area contributed by atoms with Crippen LogP contribution in [0, 0.1) is 11.3 Å². The second kappa shape index (κ2) is 4.68. The molecule has 2 aliphatic carbocycles. The van der Waals surface area contributed by atoms with Crippen molar-refractivity contribution >= 4 is 11.9 Å². The lowest BCUT2D eigenvalue weighted by molar-refractivity contribution is -0.176. The second-order valence-corrected chi connectivity index (χ2v) is 5.69. The first-order valence-electron chi connectivity index (χ1n) is 6.32. The van der Waals surface area contributed by atoms with Crippen molar-refractivity contribution < 1.29 is 27.9 Å². The molecule has 7 heteroatoms. The highest BCUT2D eigenvalue weighted by molar-refractivity contribution is 5.82. The number of carbonyl (C=O) groups is 2. The fourth-order valence-corrected chi connectivity index (χ4v) is 3.24. The smallest absolute Gasteiger partial charge is 0.471 e. The molecule has 0 aromatic carbocycles. The van der Waals surface area contributed by atoms with E-state index in [9.17, 15) is 22.8 Å². The lowest BCUT2D eigenvalue weighted by Gasteiger charge is -2.51. The fourth-order valence-electron chi connectivity index (χ4n) is 3.24. The Morgan fingerprint density at radius 2 is 1.68 bits per heavy atom. The molecule has 0 saturated heterocycles. The van der Waals surface area contributed by atoms with Gasteiger partial charge in [0.2, 0.25) is 0 Å². The number of hydrogen-bond donors (Lipinski definition) is 2. The van der Waals surface area contributed by atoms with Crippen molar-refractivity contribution in [2.45, 2.75) is 50.7 Å². The maximum absolute atomic E-state index is 12.1. The quantitative estimate of drug-likeness (QED) is 0.813. The zero-order valence-electron chi connectivity index (χ0n) is 10.3. The molecule has 0 aromatic rings. The zero-order valence-corrected chi connectivity index (χ0v) is 10.3. The van der Waals surface area contributed by atoms with E-state index in [2.05, 4.69) is 0 Å². The minimum Gasteiger partial charge on any atom is -0.481 e. The van der Waals surface area contributed by atoms with Crippen molar-refractivity contribution in [3.63, 3.8) is 0 Å². The molecule has 0 aromatic heterocycles. The third-order valence-electron chi connectivity index (χ3n) is 4.35. The summed E-state index contributed by atoms with van der Waals surface area (Å²) >= 11 is 0. The van der Waals surface area contributed by atoms with Gasteiger partial charge in [0.1, 0.15) is 0 Å². The van der Waals surface area contributed by atoms with Crippen LogP contribution in [-0.2, 0) is 9.59 Å². The van der Waals surface area contributed by atoms with Crippen LogP contribution in [0.3, 0.4) is 0 Å². The lowest BCUT2D eigenvalue weighted by Crippen LogP contribution is -2.54. The van der Waals surface area contributed by atoms with Crippen LogP contribution >= 0.6 is 0 Å². The number of aliphatic carboxylic acids is 1. The van der Waals surface area contributed by atoms with E-state index < -0.39 is 24.1 Å². The number of carbonyl (C=O) groups excluding carboxylic acids is 1. The Hall–Kier alpha value is -1.27. The van der Waals surface area contributed by atoms with Crippen molar-refractivity contribution in [3.8, 4) is 0 Å². The molecule has 2 fully saturated rings. The summed E-state index contributed by atoms with van der Waals surface area (Å²) in [4.78, 5) is 21.6. The zero-order chi connectivity index (χ0) is 14.3. The van der Waals surface area contributed by atoms with Crippen LogP contribution in [0.5, 0.6) is 0 Å². The van der Waals surface area contributed by atoms with Gasteiger partial charge in [-0.15, -0.1) is 0 Å². The Labute approximate surface area is 108 Å². The molecule has 0 bridgehead atoms. The Bertz CT molecular complexity index is 378. The first-order chi connectivity index (χ1) is 8.72. The third kappa shape index (κ3) is 3.01. The van der Waals surface area contributed by atoms with Gasteiger partial charge in [0.15, 0.2) is 0 Å². The van der Waals surface area contributed by atoms with Gasteiger partial charge in [-0.25, -0.2) is 0 Å². The van der Waals surface area contributed by atoms with Gasteiger partial charge in [0.05, 0.1) is 5.92 Å². The summed E-state index contributed by atoms with van der Waals surface area (Å²) in [7, 11) is 0. The molecule has 1 spiro atoms. The topological polar surface area (TPSA) is 66.4 Å². The molecule has 2 rings (SSSR count). The van der Waals surface area contributed by atoms with Gasteiger partial charge in [-0.2, -0.15) is 13.2 Å². The summed E-state index contributed by atoms with van der Waals surface area (Å²) in [5.41, 5.74) is -0.0461. The molecule has 0 aliphatic heterocycles. The van der Waals surface area contributed by atoms with Crippen LogP contribution in [0.4, 0.5) is 13.2 Å². The van der Waals surface area contributed by atoms with E-state index in [1.807, 2.05) is 5.32 Å². The largest absolute Gasteiger partial charge is 0.481 e. The number of halogens is 3. The second-order valence-electron chi connectivity index (χ2n) is 5.69. The van der Waals surface area contributed by atoms with Crippen molar-refractivity contribution in [1.29, 1.82) is 0 Å². The highest BCUT2D eigenvalue weighted by atomic mass is 19.4. The average Bonchev–Trinajstić information content (AvgIpc) is 2.26. The van der Waals surface area contributed by atoms with Crippen molar-refractivity contribution in [2.75, 3.05) is 0 Å². The number of carboxylic acids is 1. The first-order valence-corrected chi connectivity index (χ1v) is 6.32. The van der Waals surface area contributed by atoms with E-state index in [1.165, 1.54) is 0 Å². The maximum Gasteiger partial charge on any atom is 0.471 e. The summed E-state index contributed by atoms with van der Waals surface area (Å²) in [5, 5.41) is 10.9. The average molecular weight is 279 g/mol. The van der Waals surface area contributed by atoms with Gasteiger partial charge in [0.25, 0.3) is 0 Å². The predicted octanol–water partition coefficient (Wildman–Crippen LogP) is 2.09. The number of carboxylic acid groups (broad SMARTS) is 1. The van der Waals surface area contributed by atoms with Crippen molar-refractivity contribution in [1.82, 2.24) is 5.32 Å². The molecular weight excluding hydrogens is 263 g/mol. The Kier molecular flexibility index (Phi) is 3.49. The van der Waals surface area contributed by atoms with Crippen molar-refractivity contribution in [2.24, 2.45) is 11.3 Å². The number of nitrogens with one attached hydrogen (secondary N) is 1. The summed E-state index contributed by atoms with van der Waals surface area (Å²) in [6, 6.07) is -0.421. The fraction of sp³-hybridized carbons (Fsp3) is 0.833. The summed E-state index contributed by atoms with van der Waals surface area (Å²) < 4.78 is 36.2. The Morgan fingerprint density at radius 1 is 1.16 bits per heavy atom. The molecule has 2 N–H and O–H groups in total. The van der Waals surface area contributed by atoms with Crippen LogP contribution < -0.4 is 5.32 Å². The van der Waals surface area contributed by atoms with Crippen LogP contribution in [-0.4, -0.2) is 29.2 Å². The molecule has 2 aliphatic rings. The molecular formula is C12H16F3NO3. The van der Waals surface area contributed by atoms with Crippen molar-refractivity contribution in [3.05, 3.63) is 0 Å². The van der Waals surface area contributed by atoms with Gasteiger partial charge in [0, 0.05) is 6.04 Å². The number of rotatable bonds is 2. The minimum atomic E-state index is -4.83. The molecule has 1 amide bonds. The van der Waals surface area contributed by atoms with Crippen LogP contribution in [0.25, 0.3) is 0 Å². The van der Waals surface area contributed by atoms with Gasteiger partial charge >= 0.3 is 18.1 Å². The van der Waals surface area contributed by atoms with Gasteiger partial charge in [-0.05, 0) is 43.9 Å². The molecule has 0 atom stereocenters. The normalized spacial score (nSPS) is 34.7. The van der Waals surface area contributed by atoms with E-state index in [0.29, 0.717) is 25.7 Å². The van der Waals surface area contributed by atoms with Crippen LogP contribution in [0.1, 0.15) is 38.5 Å². The van der Waals surface area contributed by atoms with Gasteiger partial charge in [-0.1, -0.05) is 0 Å². The maximum atomic E-state index is 12.1. The lowest BCUT2D eigenvalue weighted by atomic mass is 9.57. The minimum absolute atomic E-state index is 0.0461. The van der Waals surface area contributed by atoms with E-state index in [-0.39, 0.29) is 11.3 Å². The molecule has 2 saturated carbocycles. The summed E-state index contributed by atoms with van der Waals surface area (Å²) in [6.07, 6.45) is -1.17. The molecule has 0 heterocycles. The number of amides is 1. The van der Waals surface area contributed by atoms with E-state index in [0.717, 1.165) is 12.8 Å². The van der Waals surface area contributed by atoms with E-state index >= 15 is 0 Å². The highest BCUT2D eigenvalue weighted by Crippen LogP contribution is 2.52. The number of hydrogen-bond acceptors (Lipinski definition) is 2. The highest BCUT2D eigenvalue weighted by Gasteiger charge is 2.49. The van der Waals surface area contributed by atoms with E-state index in [4.69, 9.17) is 5.11 Å².